The van der Waals surface area contributed by atoms with E-state index in [2.05, 4.69) is 16.7 Å². The summed E-state index contributed by atoms with van der Waals surface area (Å²) in [5.74, 6) is 8.15. The highest BCUT2D eigenvalue weighted by molar-refractivity contribution is 5.03. The topological polar surface area (TPSA) is 3.24 Å². The zero-order valence-corrected chi connectivity index (χ0v) is 6.43. The van der Waals surface area contributed by atoms with Crippen LogP contribution in [0.4, 0.5) is 0 Å². The Labute approximate surface area is 62.4 Å². The minimum absolute atomic E-state index is 1.00. The van der Waals surface area contributed by atoms with Gasteiger partial charge < -0.3 is 0 Å². The average molecular weight is 135 g/mol. The van der Waals surface area contributed by atoms with Gasteiger partial charge in [-0.05, 0) is 25.2 Å². The monoisotopic (exact) mass is 135 g/mol. The van der Waals surface area contributed by atoms with Gasteiger partial charge in [0.1, 0.15) is 0 Å². The lowest BCUT2D eigenvalue weighted by atomic mass is 10.4. The molecule has 2 aliphatic rings. The third kappa shape index (κ3) is 1.04. The van der Waals surface area contributed by atoms with Crippen LogP contribution in [0, 0.1) is 23.7 Å². The second-order valence-electron chi connectivity index (χ2n) is 3.38. The zero-order chi connectivity index (χ0) is 6.97. The van der Waals surface area contributed by atoms with Crippen LogP contribution in [0.25, 0.3) is 0 Å². The minimum atomic E-state index is 1.00. The molecule has 0 N–H and O–H groups in total. The Morgan fingerprint density at radius 2 is 2.10 bits per heavy atom. The Kier molecular flexibility index (Phi) is 1.43. The highest BCUT2D eigenvalue weighted by Crippen LogP contribution is 2.44. The van der Waals surface area contributed by atoms with Crippen molar-refractivity contribution in [2.75, 3.05) is 19.6 Å². The first-order valence-electron chi connectivity index (χ1n) is 4.02. The summed E-state index contributed by atoms with van der Waals surface area (Å²) in [4.78, 5) is 2.47. The van der Waals surface area contributed by atoms with Gasteiger partial charge in [0.05, 0.1) is 6.54 Å². The third-order valence-electron chi connectivity index (χ3n) is 2.53. The Balaban J connectivity index is 1.79. The van der Waals surface area contributed by atoms with Gasteiger partial charge in [-0.25, -0.2) is 0 Å². The van der Waals surface area contributed by atoms with E-state index >= 15 is 0 Å². The van der Waals surface area contributed by atoms with Crippen LogP contribution in [-0.2, 0) is 0 Å². The number of hydrogen-bond donors (Lipinski definition) is 0. The molecule has 0 spiro atoms. The van der Waals surface area contributed by atoms with Crippen LogP contribution in [0.15, 0.2) is 0 Å². The van der Waals surface area contributed by atoms with Crippen molar-refractivity contribution in [3.63, 3.8) is 0 Å². The maximum absolute atomic E-state index is 3.11. The summed E-state index contributed by atoms with van der Waals surface area (Å²) in [6, 6.07) is 0. The lowest BCUT2D eigenvalue weighted by molar-refractivity contribution is 0.343. The Morgan fingerprint density at radius 1 is 1.40 bits per heavy atom. The predicted molar refractivity (Wildman–Crippen MR) is 41.5 cm³/mol. The van der Waals surface area contributed by atoms with Crippen LogP contribution < -0.4 is 0 Å². The van der Waals surface area contributed by atoms with E-state index in [4.69, 9.17) is 0 Å². The van der Waals surface area contributed by atoms with Crippen molar-refractivity contribution < 1.29 is 0 Å². The summed E-state index contributed by atoms with van der Waals surface area (Å²) in [7, 11) is 0. The number of nitrogens with zero attached hydrogens (tertiary/aromatic N) is 1. The van der Waals surface area contributed by atoms with E-state index in [1.807, 2.05) is 6.92 Å². The van der Waals surface area contributed by atoms with Gasteiger partial charge in [-0.3, -0.25) is 4.90 Å². The number of rotatable bonds is 1. The van der Waals surface area contributed by atoms with Crippen LogP contribution >= 0.6 is 0 Å². The summed E-state index contributed by atoms with van der Waals surface area (Å²) in [5.41, 5.74) is 0. The van der Waals surface area contributed by atoms with Crippen molar-refractivity contribution in [2.24, 2.45) is 11.8 Å². The lowest BCUT2D eigenvalue weighted by Gasteiger charge is -2.12. The smallest absolute Gasteiger partial charge is 0.0601 e. The van der Waals surface area contributed by atoms with E-state index in [9.17, 15) is 0 Å². The molecule has 1 saturated heterocycles. The molecule has 0 amide bonds. The molecule has 0 aromatic heterocycles. The van der Waals surface area contributed by atoms with Gasteiger partial charge in [-0.15, -0.1) is 5.92 Å². The number of hydrogen-bond acceptors (Lipinski definition) is 1. The fourth-order valence-corrected chi connectivity index (χ4v) is 1.82. The molecule has 1 heterocycles. The molecule has 1 nitrogen and oxygen atoms in total. The summed E-state index contributed by atoms with van der Waals surface area (Å²) < 4.78 is 0. The molecular weight excluding hydrogens is 122 g/mol. The van der Waals surface area contributed by atoms with Crippen LogP contribution in [0.2, 0.25) is 0 Å². The fourth-order valence-electron chi connectivity index (χ4n) is 1.82. The molecular formula is C9H13N. The van der Waals surface area contributed by atoms with E-state index in [-0.39, 0.29) is 0 Å². The van der Waals surface area contributed by atoms with Crippen molar-refractivity contribution in [1.29, 1.82) is 0 Å². The molecule has 1 aliphatic carbocycles. The van der Waals surface area contributed by atoms with E-state index in [0.717, 1.165) is 18.4 Å². The van der Waals surface area contributed by atoms with Gasteiger partial charge >= 0.3 is 0 Å². The Bertz CT molecular complexity index is 177. The molecule has 0 unspecified atom stereocenters. The second kappa shape index (κ2) is 2.29. The third-order valence-corrected chi connectivity index (χ3v) is 2.53. The average Bonchev–Trinajstić information content (AvgIpc) is 2.56. The quantitative estimate of drug-likeness (QED) is 0.484. The molecule has 2 atom stereocenters. The second-order valence-corrected chi connectivity index (χ2v) is 3.38. The molecule has 0 radical (unpaired) electrons. The van der Waals surface area contributed by atoms with Crippen molar-refractivity contribution in [3.8, 4) is 11.8 Å². The minimum Gasteiger partial charge on any atom is -0.292 e. The summed E-state index contributed by atoms with van der Waals surface area (Å²) >= 11 is 0. The van der Waals surface area contributed by atoms with Crippen molar-refractivity contribution in [1.82, 2.24) is 4.90 Å². The van der Waals surface area contributed by atoms with E-state index in [1.165, 1.54) is 19.5 Å². The number of likely N-dealkylation sites (tertiary alicyclic amines) is 1. The van der Waals surface area contributed by atoms with Gasteiger partial charge in [0.15, 0.2) is 0 Å². The zero-order valence-electron chi connectivity index (χ0n) is 6.43. The molecule has 54 valence electrons. The molecule has 0 aromatic rings. The molecule has 1 saturated carbocycles. The van der Waals surface area contributed by atoms with Crippen molar-refractivity contribution >= 4 is 0 Å². The van der Waals surface area contributed by atoms with Crippen molar-refractivity contribution in [3.05, 3.63) is 0 Å². The van der Waals surface area contributed by atoms with Crippen LogP contribution in [0.5, 0.6) is 0 Å². The molecule has 0 aromatic carbocycles. The van der Waals surface area contributed by atoms with Crippen molar-refractivity contribution in [2.45, 2.75) is 13.3 Å². The molecule has 1 heteroatoms. The van der Waals surface area contributed by atoms with Gasteiger partial charge in [0.2, 0.25) is 0 Å². The number of fused-ring (bicyclic) bond motifs is 1. The van der Waals surface area contributed by atoms with Crippen LogP contribution in [0.3, 0.4) is 0 Å². The van der Waals surface area contributed by atoms with Gasteiger partial charge in [0.25, 0.3) is 0 Å². The summed E-state index contributed by atoms with van der Waals surface area (Å²) in [6.07, 6.45) is 1.50. The molecule has 10 heavy (non-hydrogen) atoms. The normalized spacial score (nSPS) is 36.5. The first-order valence-corrected chi connectivity index (χ1v) is 4.02. The first-order chi connectivity index (χ1) is 4.90. The van der Waals surface area contributed by atoms with Crippen LogP contribution in [-0.4, -0.2) is 24.5 Å². The SMILES string of the molecule is CC#CCN1C[C@H]2C[C@H]2C1. The van der Waals surface area contributed by atoms with Crippen LogP contribution in [0.1, 0.15) is 13.3 Å². The lowest BCUT2D eigenvalue weighted by Crippen LogP contribution is -2.22. The standard InChI is InChI=1S/C9H13N/c1-2-3-4-10-6-8-5-9(8)7-10/h8-9H,4-7H2,1H3/t8-,9+. The molecule has 0 bridgehead atoms. The fraction of sp³-hybridized carbons (Fsp3) is 0.778. The molecule has 1 aliphatic heterocycles. The Hall–Kier alpha value is -0.480. The Morgan fingerprint density at radius 3 is 2.70 bits per heavy atom. The van der Waals surface area contributed by atoms with Gasteiger partial charge in [-0.1, -0.05) is 5.92 Å². The first kappa shape index (κ1) is 6.24. The predicted octanol–water partition coefficient (Wildman–Crippen LogP) is 0.961. The highest BCUT2D eigenvalue weighted by atomic mass is 15.2. The maximum atomic E-state index is 3.11. The van der Waals surface area contributed by atoms with Gasteiger partial charge in [-0.2, -0.15) is 0 Å². The number of piperidine rings is 1. The van der Waals surface area contributed by atoms with E-state index < -0.39 is 0 Å². The summed E-state index contributed by atoms with van der Waals surface area (Å²) in [5, 5.41) is 0. The largest absolute Gasteiger partial charge is 0.292 e. The highest BCUT2D eigenvalue weighted by Gasteiger charge is 2.44. The van der Waals surface area contributed by atoms with E-state index in [1.54, 1.807) is 0 Å². The molecule has 2 rings (SSSR count). The molecule has 2 fully saturated rings. The maximum Gasteiger partial charge on any atom is 0.0601 e. The van der Waals surface area contributed by atoms with E-state index in [0.29, 0.717) is 0 Å². The van der Waals surface area contributed by atoms with Gasteiger partial charge in [0, 0.05) is 13.1 Å². The summed E-state index contributed by atoms with van der Waals surface area (Å²) in [6.45, 7) is 5.55.